The summed E-state index contributed by atoms with van der Waals surface area (Å²) in [4.78, 5) is 8.09. The number of hydrogen-bond acceptors (Lipinski definition) is 4. The van der Waals surface area contributed by atoms with Crippen molar-refractivity contribution in [3.8, 4) is 0 Å². The van der Waals surface area contributed by atoms with Gasteiger partial charge in [-0.2, -0.15) is 19.6 Å². The van der Waals surface area contributed by atoms with Crippen LogP contribution in [0.15, 0.2) is 41.1 Å². The summed E-state index contributed by atoms with van der Waals surface area (Å²) in [6.45, 7) is 0.650. The third-order valence-electron chi connectivity index (χ3n) is 2.64. The van der Waals surface area contributed by atoms with E-state index in [1.807, 2.05) is 24.3 Å². The molecule has 0 atom stereocenters. The molecule has 0 aliphatic carbocycles. The fourth-order valence-corrected chi connectivity index (χ4v) is 2.34. The summed E-state index contributed by atoms with van der Waals surface area (Å²) in [6.07, 6.45) is 1.45. The van der Waals surface area contributed by atoms with Gasteiger partial charge in [0.15, 0.2) is 0 Å². The summed E-state index contributed by atoms with van der Waals surface area (Å²) in [5.41, 5.74) is 1.14. The second kappa shape index (κ2) is 5.14. The van der Waals surface area contributed by atoms with Crippen LogP contribution in [-0.4, -0.2) is 19.6 Å². The lowest BCUT2D eigenvalue weighted by Gasteiger charge is -2.09. The maximum absolute atomic E-state index is 5.95. The molecule has 3 rings (SSSR count). The second-order valence-corrected chi connectivity index (χ2v) is 5.12. The molecule has 2 aromatic heterocycles. The quantitative estimate of drug-likeness (QED) is 0.745. The van der Waals surface area contributed by atoms with Gasteiger partial charge in [-0.25, -0.2) is 0 Å². The van der Waals surface area contributed by atoms with Crippen molar-refractivity contribution in [1.82, 2.24) is 19.6 Å². The molecule has 7 heteroatoms. The van der Waals surface area contributed by atoms with Crippen molar-refractivity contribution in [2.75, 3.05) is 5.32 Å². The molecule has 1 N–H and O–H groups in total. The number of nitrogens with one attached hydrogen (secondary N) is 1. The van der Waals surface area contributed by atoms with Gasteiger partial charge in [0.1, 0.15) is 17.3 Å². The van der Waals surface area contributed by atoms with E-state index in [0.29, 0.717) is 17.5 Å². The molecule has 2 heterocycles. The number of anilines is 1. The van der Waals surface area contributed by atoms with Crippen molar-refractivity contribution in [2.45, 2.75) is 6.54 Å². The number of aromatic nitrogens is 4. The Morgan fingerprint density at radius 1 is 1.32 bits per heavy atom. The monoisotopic (exact) mass is 337 g/mol. The minimum Gasteiger partial charge on any atom is -0.366 e. The molecule has 0 fully saturated rings. The topological polar surface area (TPSA) is 55.1 Å². The van der Waals surface area contributed by atoms with Gasteiger partial charge in [0.05, 0.1) is 0 Å². The van der Waals surface area contributed by atoms with E-state index in [0.717, 1.165) is 15.9 Å². The van der Waals surface area contributed by atoms with Crippen molar-refractivity contribution in [2.24, 2.45) is 0 Å². The molecule has 0 aliphatic heterocycles. The molecule has 5 nitrogen and oxygen atoms in total. The summed E-state index contributed by atoms with van der Waals surface area (Å²) in [6, 6.07) is 9.74. The number of hydrogen-bond donors (Lipinski definition) is 1. The summed E-state index contributed by atoms with van der Waals surface area (Å²) < 4.78 is 2.67. The number of halogens is 2. The highest BCUT2D eigenvalue weighted by atomic mass is 79.9. The first kappa shape index (κ1) is 12.4. The molecular formula is C12H9BrClN5. The van der Waals surface area contributed by atoms with Crippen molar-refractivity contribution in [1.29, 1.82) is 0 Å². The van der Waals surface area contributed by atoms with Gasteiger partial charge in [0.2, 0.25) is 0 Å². The van der Waals surface area contributed by atoms with E-state index < -0.39 is 0 Å². The van der Waals surface area contributed by atoms with Crippen LogP contribution in [0.4, 0.5) is 5.82 Å². The first-order chi connectivity index (χ1) is 9.24. The van der Waals surface area contributed by atoms with Gasteiger partial charge < -0.3 is 5.32 Å². The minimum absolute atomic E-state index is 0.384. The lowest BCUT2D eigenvalue weighted by atomic mass is 10.2. The summed E-state index contributed by atoms with van der Waals surface area (Å²) in [5, 5.41) is 7.77. The van der Waals surface area contributed by atoms with Crippen LogP contribution in [0.2, 0.25) is 5.15 Å². The van der Waals surface area contributed by atoms with E-state index in [1.54, 1.807) is 10.6 Å². The van der Waals surface area contributed by atoms with Gasteiger partial charge in [-0.15, -0.1) is 0 Å². The highest BCUT2D eigenvalue weighted by Gasteiger charge is 2.06. The van der Waals surface area contributed by atoms with Crippen molar-refractivity contribution >= 4 is 39.1 Å². The predicted molar refractivity (Wildman–Crippen MR) is 77.3 cm³/mol. The van der Waals surface area contributed by atoms with Gasteiger partial charge in [-0.3, -0.25) is 0 Å². The van der Waals surface area contributed by atoms with Gasteiger partial charge in [0, 0.05) is 17.1 Å². The van der Waals surface area contributed by atoms with Crippen LogP contribution >= 0.6 is 27.5 Å². The van der Waals surface area contributed by atoms with Crippen LogP contribution in [0.3, 0.4) is 0 Å². The Kier molecular flexibility index (Phi) is 3.35. The smallest absolute Gasteiger partial charge is 0.255 e. The Balaban J connectivity index is 1.90. The van der Waals surface area contributed by atoms with E-state index in [2.05, 4.69) is 36.3 Å². The fourth-order valence-electron chi connectivity index (χ4n) is 1.74. The second-order valence-electron chi connectivity index (χ2n) is 3.88. The van der Waals surface area contributed by atoms with E-state index in [-0.39, 0.29) is 0 Å². The molecule has 0 aliphatic rings. The lowest BCUT2D eigenvalue weighted by molar-refractivity contribution is 0.924. The van der Waals surface area contributed by atoms with Crippen molar-refractivity contribution < 1.29 is 0 Å². The molecule has 0 saturated carbocycles. The Labute approximate surface area is 122 Å². The SMILES string of the molecule is Clc1cc(NCc2ccccc2Br)n2ncnc2n1. The molecule has 96 valence electrons. The first-order valence-electron chi connectivity index (χ1n) is 5.57. The standard InChI is InChI=1S/C12H9BrClN5/c13-9-4-2-1-3-8(9)6-15-11-5-10(14)18-12-16-7-17-19(11)12/h1-5,7,15H,6H2. The van der Waals surface area contributed by atoms with E-state index in [4.69, 9.17) is 11.6 Å². The van der Waals surface area contributed by atoms with Gasteiger partial charge in [-0.05, 0) is 11.6 Å². The highest BCUT2D eigenvalue weighted by molar-refractivity contribution is 9.10. The van der Waals surface area contributed by atoms with Crippen LogP contribution in [0.1, 0.15) is 5.56 Å². The summed E-state index contributed by atoms with van der Waals surface area (Å²) in [7, 11) is 0. The van der Waals surface area contributed by atoms with E-state index in [1.165, 1.54) is 6.33 Å². The number of rotatable bonds is 3. The lowest BCUT2D eigenvalue weighted by Crippen LogP contribution is -2.06. The van der Waals surface area contributed by atoms with Crippen LogP contribution in [0, 0.1) is 0 Å². The molecule has 1 aromatic carbocycles. The fraction of sp³-hybridized carbons (Fsp3) is 0.0833. The third-order valence-corrected chi connectivity index (χ3v) is 3.61. The molecular weight excluding hydrogens is 330 g/mol. The molecule has 0 saturated heterocycles. The molecule has 0 amide bonds. The number of benzene rings is 1. The zero-order valence-corrected chi connectivity index (χ0v) is 12.1. The summed E-state index contributed by atoms with van der Waals surface area (Å²) >= 11 is 9.47. The first-order valence-corrected chi connectivity index (χ1v) is 6.75. The average molecular weight is 339 g/mol. The van der Waals surface area contributed by atoms with Crippen LogP contribution in [-0.2, 0) is 6.54 Å². The molecule has 0 unspecified atom stereocenters. The van der Waals surface area contributed by atoms with Crippen LogP contribution in [0.25, 0.3) is 5.78 Å². The van der Waals surface area contributed by atoms with E-state index >= 15 is 0 Å². The summed E-state index contributed by atoms with van der Waals surface area (Å²) in [5.74, 6) is 1.23. The van der Waals surface area contributed by atoms with Gasteiger partial charge >= 0.3 is 0 Å². The zero-order valence-electron chi connectivity index (χ0n) is 9.72. The minimum atomic E-state index is 0.384. The zero-order chi connectivity index (χ0) is 13.2. The molecule has 0 radical (unpaired) electrons. The Bertz CT molecular complexity index is 727. The maximum Gasteiger partial charge on any atom is 0.255 e. The maximum atomic E-state index is 5.95. The number of nitrogens with zero attached hydrogens (tertiary/aromatic N) is 4. The van der Waals surface area contributed by atoms with Crippen molar-refractivity contribution in [3.05, 3.63) is 51.8 Å². The Hall–Kier alpha value is -1.66. The van der Waals surface area contributed by atoms with Crippen LogP contribution in [0.5, 0.6) is 0 Å². The number of fused-ring (bicyclic) bond motifs is 1. The largest absolute Gasteiger partial charge is 0.366 e. The van der Waals surface area contributed by atoms with E-state index in [9.17, 15) is 0 Å². The van der Waals surface area contributed by atoms with Crippen LogP contribution < -0.4 is 5.32 Å². The molecule has 0 spiro atoms. The third kappa shape index (κ3) is 2.54. The molecule has 0 bridgehead atoms. The Morgan fingerprint density at radius 3 is 3.00 bits per heavy atom. The highest BCUT2D eigenvalue weighted by Crippen LogP contribution is 2.19. The average Bonchev–Trinajstić information content (AvgIpc) is 2.85. The van der Waals surface area contributed by atoms with Gasteiger partial charge in [0.25, 0.3) is 5.78 Å². The normalized spacial score (nSPS) is 10.8. The molecule has 19 heavy (non-hydrogen) atoms. The van der Waals surface area contributed by atoms with Crippen molar-refractivity contribution in [3.63, 3.8) is 0 Å². The predicted octanol–water partition coefficient (Wildman–Crippen LogP) is 3.15. The van der Waals surface area contributed by atoms with Gasteiger partial charge in [-0.1, -0.05) is 45.7 Å². The Morgan fingerprint density at radius 2 is 2.16 bits per heavy atom. The molecule has 3 aromatic rings.